The van der Waals surface area contributed by atoms with E-state index >= 15 is 0 Å². The quantitative estimate of drug-likeness (QED) is 0.613. The van der Waals surface area contributed by atoms with Crippen LogP contribution in [0.25, 0.3) is 11.1 Å². The number of thioether (sulfide) groups is 1. The largest absolute Gasteiger partial charge is 0.461 e. The summed E-state index contributed by atoms with van der Waals surface area (Å²) < 4.78 is 5.26. The summed E-state index contributed by atoms with van der Waals surface area (Å²) in [5.41, 5.74) is 2.35. The molecule has 0 amide bonds. The van der Waals surface area contributed by atoms with Crippen LogP contribution < -0.4 is 0 Å². The van der Waals surface area contributed by atoms with Gasteiger partial charge in [0.1, 0.15) is 6.61 Å². The first kappa shape index (κ1) is 13.7. The molecule has 2 rings (SSSR count). The molecule has 19 heavy (non-hydrogen) atoms. The van der Waals surface area contributed by atoms with Gasteiger partial charge >= 0.3 is 5.97 Å². The monoisotopic (exact) mass is 271 g/mol. The highest BCUT2D eigenvalue weighted by atomic mass is 32.2. The normalized spacial score (nSPS) is 10.2. The van der Waals surface area contributed by atoms with Crippen molar-refractivity contribution in [2.75, 3.05) is 18.6 Å². The van der Waals surface area contributed by atoms with Gasteiger partial charge in [0, 0.05) is 5.75 Å². The molecule has 1 radical (unpaired) electrons. The highest BCUT2D eigenvalue weighted by Crippen LogP contribution is 2.23. The van der Waals surface area contributed by atoms with E-state index in [0.717, 1.165) is 16.9 Å². The second-order valence-electron chi connectivity index (χ2n) is 3.95. The summed E-state index contributed by atoms with van der Waals surface area (Å²) in [5.74, 6) is 0.535. The molecule has 0 spiro atoms. The number of rotatable bonds is 5. The molecule has 0 heterocycles. The van der Waals surface area contributed by atoms with Gasteiger partial charge < -0.3 is 4.74 Å². The predicted octanol–water partition coefficient (Wildman–Crippen LogP) is 3.67. The molecule has 97 valence electrons. The van der Waals surface area contributed by atoms with Crippen molar-refractivity contribution in [2.45, 2.75) is 0 Å². The Morgan fingerprint density at radius 2 is 2.00 bits per heavy atom. The van der Waals surface area contributed by atoms with Crippen LogP contribution in [0.3, 0.4) is 0 Å². The maximum Gasteiger partial charge on any atom is 0.338 e. The van der Waals surface area contributed by atoms with Crippen molar-refractivity contribution in [3.05, 3.63) is 60.2 Å². The zero-order chi connectivity index (χ0) is 13.5. The van der Waals surface area contributed by atoms with E-state index in [1.54, 1.807) is 17.8 Å². The zero-order valence-electron chi connectivity index (χ0n) is 10.8. The predicted molar refractivity (Wildman–Crippen MR) is 79.4 cm³/mol. The van der Waals surface area contributed by atoms with Crippen molar-refractivity contribution in [1.29, 1.82) is 0 Å². The minimum absolute atomic E-state index is 0.276. The Bertz CT molecular complexity index is 537. The molecule has 2 nitrogen and oxygen atoms in total. The number of hydrogen-bond acceptors (Lipinski definition) is 3. The maximum absolute atomic E-state index is 12.1. The van der Waals surface area contributed by atoms with Gasteiger partial charge in [-0.25, -0.2) is 4.79 Å². The molecule has 0 saturated heterocycles. The third-order valence-corrected chi connectivity index (χ3v) is 3.24. The number of esters is 1. The summed E-state index contributed by atoms with van der Waals surface area (Å²) in [6.45, 7) is 0.437. The smallest absolute Gasteiger partial charge is 0.338 e. The first-order chi connectivity index (χ1) is 9.33. The van der Waals surface area contributed by atoms with Gasteiger partial charge in [0.2, 0.25) is 0 Å². The Kier molecular flexibility index (Phi) is 5.04. The molecule has 0 aliphatic rings. The van der Waals surface area contributed by atoms with Crippen LogP contribution >= 0.6 is 11.8 Å². The van der Waals surface area contributed by atoms with Crippen LogP contribution in [0.4, 0.5) is 0 Å². The van der Waals surface area contributed by atoms with Crippen LogP contribution in [0.2, 0.25) is 0 Å². The molecule has 0 saturated carbocycles. The maximum atomic E-state index is 12.1. The van der Waals surface area contributed by atoms with Crippen LogP contribution in [-0.2, 0) is 4.74 Å². The van der Waals surface area contributed by atoms with Crippen molar-refractivity contribution in [1.82, 2.24) is 0 Å². The summed E-state index contributed by atoms with van der Waals surface area (Å²) in [4.78, 5) is 12.1. The lowest BCUT2D eigenvalue weighted by atomic mass is 10.00. The number of benzene rings is 2. The summed E-state index contributed by atoms with van der Waals surface area (Å²) in [7, 11) is 0. The van der Waals surface area contributed by atoms with Gasteiger partial charge in [-0.15, -0.1) is 0 Å². The second kappa shape index (κ2) is 7.00. The van der Waals surface area contributed by atoms with Crippen LogP contribution in [0.5, 0.6) is 0 Å². The third kappa shape index (κ3) is 3.61. The van der Waals surface area contributed by atoms with Gasteiger partial charge in [0.05, 0.1) is 5.56 Å². The Morgan fingerprint density at radius 1 is 1.21 bits per heavy atom. The SMILES string of the molecule is CSCCOC(=O)c1ccccc1-c1[c]cccc1. The minimum Gasteiger partial charge on any atom is -0.461 e. The van der Waals surface area contributed by atoms with E-state index < -0.39 is 0 Å². The molecule has 0 aromatic heterocycles. The molecule has 2 aromatic rings. The van der Waals surface area contributed by atoms with Gasteiger partial charge in [0.15, 0.2) is 0 Å². The molecule has 2 aromatic carbocycles. The van der Waals surface area contributed by atoms with Gasteiger partial charge in [-0.1, -0.05) is 42.5 Å². The van der Waals surface area contributed by atoms with Crippen molar-refractivity contribution in [3.63, 3.8) is 0 Å². The average Bonchev–Trinajstić information content (AvgIpc) is 2.48. The van der Waals surface area contributed by atoms with Gasteiger partial charge in [-0.2, -0.15) is 11.8 Å². The molecule has 0 unspecified atom stereocenters. The number of carbonyl (C=O) groups is 1. The summed E-state index contributed by atoms with van der Waals surface area (Å²) in [5, 5.41) is 0. The number of carbonyl (C=O) groups excluding carboxylic acids is 1. The van der Waals surface area contributed by atoms with Crippen molar-refractivity contribution >= 4 is 17.7 Å². The second-order valence-corrected chi connectivity index (χ2v) is 4.94. The third-order valence-electron chi connectivity index (χ3n) is 2.67. The minimum atomic E-state index is -0.276. The van der Waals surface area contributed by atoms with Crippen LogP contribution in [0.15, 0.2) is 48.5 Å². The number of ether oxygens (including phenoxy) is 1. The highest BCUT2D eigenvalue weighted by Gasteiger charge is 2.13. The fraction of sp³-hybridized carbons (Fsp3) is 0.188. The van der Waals surface area contributed by atoms with Crippen LogP contribution in [0.1, 0.15) is 10.4 Å². The van der Waals surface area contributed by atoms with Crippen molar-refractivity contribution in [2.24, 2.45) is 0 Å². The molecule has 0 N–H and O–H groups in total. The lowest BCUT2D eigenvalue weighted by Crippen LogP contribution is -2.09. The molecular weight excluding hydrogens is 256 g/mol. The summed E-state index contributed by atoms with van der Waals surface area (Å²) in [6.07, 6.45) is 1.99. The molecule has 0 atom stereocenters. The van der Waals surface area contributed by atoms with E-state index in [0.29, 0.717) is 12.2 Å². The van der Waals surface area contributed by atoms with Crippen molar-refractivity contribution in [3.8, 4) is 11.1 Å². The van der Waals surface area contributed by atoms with E-state index in [-0.39, 0.29) is 5.97 Å². The van der Waals surface area contributed by atoms with E-state index in [1.165, 1.54) is 0 Å². The van der Waals surface area contributed by atoms with Gasteiger partial charge in [-0.3, -0.25) is 0 Å². The molecule has 0 aliphatic carbocycles. The van der Waals surface area contributed by atoms with E-state index in [9.17, 15) is 4.79 Å². The molecule has 0 fully saturated rings. The van der Waals surface area contributed by atoms with Gasteiger partial charge in [0.25, 0.3) is 0 Å². The van der Waals surface area contributed by atoms with E-state index in [1.807, 2.05) is 48.7 Å². The fourth-order valence-corrected chi connectivity index (χ4v) is 2.00. The van der Waals surface area contributed by atoms with Crippen LogP contribution in [-0.4, -0.2) is 24.6 Å². The first-order valence-electron chi connectivity index (χ1n) is 6.05. The summed E-state index contributed by atoms with van der Waals surface area (Å²) >= 11 is 1.66. The molecule has 3 heteroatoms. The Labute approximate surface area is 117 Å². The average molecular weight is 271 g/mol. The summed E-state index contributed by atoms with van der Waals surface area (Å²) in [6, 6.07) is 18.2. The fourth-order valence-electron chi connectivity index (χ4n) is 1.75. The Morgan fingerprint density at radius 3 is 2.74 bits per heavy atom. The lowest BCUT2D eigenvalue weighted by Gasteiger charge is -2.09. The lowest BCUT2D eigenvalue weighted by molar-refractivity contribution is 0.0531. The molecule has 0 aliphatic heterocycles. The number of hydrogen-bond donors (Lipinski definition) is 0. The van der Waals surface area contributed by atoms with E-state index in [4.69, 9.17) is 4.74 Å². The highest BCUT2D eigenvalue weighted by molar-refractivity contribution is 7.98. The zero-order valence-corrected chi connectivity index (χ0v) is 11.6. The van der Waals surface area contributed by atoms with Crippen LogP contribution in [0, 0.1) is 6.07 Å². The Hall–Kier alpha value is -1.74. The van der Waals surface area contributed by atoms with Crippen molar-refractivity contribution < 1.29 is 9.53 Å². The molecule has 0 bridgehead atoms. The van der Waals surface area contributed by atoms with Gasteiger partial charge in [-0.05, 0) is 29.5 Å². The first-order valence-corrected chi connectivity index (χ1v) is 7.44. The standard InChI is InChI=1S/C16H15O2S/c1-19-12-11-18-16(17)15-10-6-5-9-14(15)13-7-3-2-4-8-13/h2-7,9-10H,11-12H2,1H3. The van der Waals surface area contributed by atoms with E-state index in [2.05, 4.69) is 6.07 Å². The topological polar surface area (TPSA) is 26.3 Å². The molecular formula is C16H15O2S. The Balaban J connectivity index is 2.24.